The molecule has 0 spiro atoms. The van der Waals surface area contributed by atoms with Crippen molar-refractivity contribution in [2.45, 2.75) is 12.8 Å². The van der Waals surface area contributed by atoms with E-state index in [0.717, 1.165) is 17.5 Å². The van der Waals surface area contributed by atoms with E-state index in [0.29, 0.717) is 12.0 Å². The standard InChI is InChI=1S/C14H13NO2.ClH/c16-14(17)13-6-2-1-5-12(13)8-7-11-4-3-9-15-10-11;/h1-6,9-10H,7-8H2,(H,16,17);1H. The van der Waals surface area contributed by atoms with Gasteiger partial charge < -0.3 is 5.11 Å². The number of benzene rings is 1. The van der Waals surface area contributed by atoms with Gasteiger partial charge in [-0.1, -0.05) is 24.3 Å². The van der Waals surface area contributed by atoms with Crippen molar-refractivity contribution in [2.24, 2.45) is 0 Å². The number of halogens is 1. The molecule has 0 unspecified atom stereocenters. The fourth-order valence-corrected chi connectivity index (χ4v) is 1.77. The molecule has 1 aromatic heterocycles. The number of nitrogens with zero attached hydrogens (tertiary/aromatic N) is 1. The molecule has 0 saturated carbocycles. The van der Waals surface area contributed by atoms with Crippen molar-refractivity contribution in [3.05, 3.63) is 65.5 Å². The predicted molar refractivity (Wildman–Crippen MR) is 72.3 cm³/mol. The van der Waals surface area contributed by atoms with Gasteiger partial charge in [-0.3, -0.25) is 4.98 Å². The van der Waals surface area contributed by atoms with Crippen molar-refractivity contribution in [2.75, 3.05) is 0 Å². The number of carboxylic acid groups (broad SMARTS) is 1. The van der Waals surface area contributed by atoms with E-state index in [1.165, 1.54) is 0 Å². The SMILES string of the molecule is Cl.O=C(O)c1ccccc1CCc1cccnc1. The maximum absolute atomic E-state index is 11.0. The van der Waals surface area contributed by atoms with E-state index in [1.54, 1.807) is 18.3 Å². The molecule has 0 bridgehead atoms. The van der Waals surface area contributed by atoms with Crippen LogP contribution in [0.3, 0.4) is 0 Å². The molecule has 0 amide bonds. The van der Waals surface area contributed by atoms with Crippen LogP contribution in [-0.4, -0.2) is 16.1 Å². The lowest BCUT2D eigenvalue weighted by molar-refractivity contribution is 0.0695. The van der Waals surface area contributed by atoms with Crippen LogP contribution in [0.5, 0.6) is 0 Å². The first-order chi connectivity index (χ1) is 8.27. The lowest BCUT2D eigenvalue weighted by Gasteiger charge is -2.05. The van der Waals surface area contributed by atoms with E-state index >= 15 is 0 Å². The third-order valence-corrected chi connectivity index (χ3v) is 2.65. The van der Waals surface area contributed by atoms with Gasteiger partial charge in [-0.15, -0.1) is 12.4 Å². The Balaban J connectivity index is 0.00000162. The van der Waals surface area contributed by atoms with E-state index in [9.17, 15) is 4.79 Å². The van der Waals surface area contributed by atoms with Crippen molar-refractivity contribution < 1.29 is 9.90 Å². The molecule has 1 aromatic carbocycles. The van der Waals surface area contributed by atoms with Gasteiger partial charge >= 0.3 is 5.97 Å². The Morgan fingerprint density at radius 2 is 1.89 bits per heavy atom. The molecule has 0 aliphatic heterocycles. The van der Waals surface area contributed by atoms with Gasteiger partial charge in [0.05, 0.1) is 5.56 Å². The number of rotatable bonds is 4. The molecule has 1 heterocycles. The number of hydrogen-bond donors (Lipinski definition) is 1. The minimum atomic E-state index is -0.869. The highest BCUT2D eigenvalue weighted by Crippen LogP contribution is 2.12. The molecule has 94 valence electrons. The molecule has 2 aromatic rings. The van der Waals surface area contributed by atoms with Gasteiger partial charge in [0.25, 0.3) is 0 Å². The van der Waals surface area contributed by atoms with Gasteiger partial charge in [0, 0.05) is 12.4 Å². The molecule has 0 radical (unpaired) electrons. The number of pyridine rings is 1. The summed E-state index contributed by atoms with van der Waals surface area (Å²) < 4.78 is 0. The molecular weight excluding hydrogens is 250 g/mol. The Labute approximate surface area is 112 Å². The zero-order valence-corrected chi connectivity index (χ0v) is 10.6. The molecule has 0 aliphatic rings. The summed E-state index contributed by atoms with van der Waals surface area (Å²) >= 11 is 0. The second kappa shape index (κ2) is 6.77. The highest BCUT2D eigenvalue weighted by molar-refractivity contribution is 5.89. The predicted octanol–water partition coefficient (Wildman–Crippen LogP) is 2.99. The number of aromatic carboxylic acids is 1. The monoisotopic (exact) mass is 263 g/mol. The van der Waals surface area contributed by atoms with Crippen molar-refractivity contribution in [1.29, 1.82) is 0 Å². The molecule has 18 heavy (non-hydrogen) atoms. The first kappa shape index (κ1) is 14.2. The number of hydrogen-bond acceptors (Lipinski definition) is 2. The van der Waals surface area contributed by atoms with Gasteiger partial charge in [0.2, 0.25) is 0 Å². The normalized spacial score (nSPS) is 9.56. The quantitative estimate of drug-likeness (QED) is 0.923. The molecule has 2 rings (SSSR count). The fraction of sp³-hybridized carbons (Fsp3) is 0.143. The molecule has 0 saturated heterocycles. The molecule has 1 N–H and O–H groups in total. The zero-order chi connectivity index (χ0) is 12.1. The average molecular weight is 264 g/mol. The molecule has 0 atom stereocenters. The van der Waals surface area contributed by atoms with Crippen LogP contribution in [-0.2, 0) is 12.8 Å². The lowest BCUT2D eigenvalue weighted by Crippen LogP contribution is -2.03. The molecule has 0 fully saturated rings. The Bertz CT molecular complexity index is 514. The Kier molecular flexibility index (Phi) is 5.33. The third kappa shape index (κ3) is 3.57. The molecule has 4 heteroatoms. The van der Waals surface area contributed by atoms with Crippen LogP contribution in [0.15, 0.2) is 48.8 Å². The van der Waals surface area contributed by atoms with Crippen LogP contribution in [0.25, 0.3) is 0 Å². The number of aryl methyl sites for hydroxylation is 2. The summed E-state index contributed by atoms with van der Waals surface area (Å²) in [7, 11) is 0. The fourth-order valence-electron chi connectivity index (χ4n) is 1.77. The molecule has 0 aliphatic carbocycles. The topological polar surface area (TPSA) is 50.2 Å². The number of carboxylic acids is 1. The van der Waals surface area contributed by atoms with Crippen LogP contribution in [0.4, 0.5) is 0 Å². The molecule has 3 nitrogen and oxygen atoms in total. The van der Waals surface area contributed by atoms with E-state index < -0.39 is 5.97 Å². The lowest BCUT2D eigenvalue weighted by atomic mass is 10.0. The van der Waals surface area contributed by atoms with Gasteiger partial charge in [-0.05, 0) is 36.1 Å². The smallest absolute Gasteiger partial charge is 0.335 e. The van der Waals surface area contributed by atoms with Crippen LogP contribution in [0, 0.1) is 0 Å². The second-order valence-electron chi connectivity index (χ2n) is 3.82. The van der Waals surface area contributed by atoms with Crippen molar-refractivity contribution >= 4 is 18.4 Å². The van der Waals surface area contributed by atoms with Crippen LogP contribution in [0.2, 0.25) is 0 Å². The zero-order valence-electron chi connectivity index (χ0n) is 9.74. The van der Waals surface area contributed by atoms with E-state index in [-0.39, 0.29) is 12.4 Å². The number of carbonyl (C=O) groups is 1. The maximum Gasteiger partial charge on any atom is 0.335 e. The average Bonchev–Trinajstić information content (AvgIpc) is 2.38. The summed E-state index contributed by atoms with van der Waals surface area (Å²) in [6, 6.07) is 11.0. The maximum atomic E-state index is 11.0. The largest absolute Gasteiger partial charge is 0.478 e. The number of aromatic nitrogens is 1. The van der Waals surface area contributed by atoms with Crippen LogP contribution < -0.4 is 0 Å². The summed E-state index contributed by atoms with van der Waals surface area (Å²) in [5.41, 5.74) is 2.37. The molecular formula is C14H14ClNO2. The summed E-state index contributed by atoms with van der Waals surface area (Å²) in [5.74, 6) is -0.869. The minimum Gasteiger partial charge on any atom is -0.478 e. The second-order valence-corrected chi connectivity index (χ2v) is 3.82. The summed E-state index contributed by atoms with van der Waals surface area (Å²) in [6.07, 6.45) is 5.06. The summed E-state index contributed by atoms with van der Waals surface area (Å²) in [5, 5.41) is 9.05. The van der Waals surface area contributed by atoms with Crippen LogP contribution in [0.1, 0.15) is 21.5 Å². The van der Waals surface area contributed by atoms with Gasteiger partial charge in [-0.2, -0.15) is 0 Å². The van der Waals surface area contributed by atoms with E-state index in [4.69, 9.17) is 5.11 Å². The highest BCUT2D eigenvalue weighted by Gasteiger charge is 2.08. The van der Waals surface area contributed by atoms with Crippen molar-refractivity contribution in [3.8, 4) is 0 Å². The Morgan fingerprint density at radius 1 is 1.11 bits per heavy atom. The van der Waals surface area contributed by atoms with Gasteiger partial charge in [0.1, 0.15) is 0 Å². The van der Waals surface area contributed by atoms with Crippen molar-refractivity contribution in [1.82, 2.24) is 4.98 Å². The van der Waals surface area contributed by atoms with Crippen molar-refractivity contribution in [3.63, 3.8) is 0 Å². The summed E-state index contributed by atoms with van der Waals surface area (Å²) in [6.45, 7) is 0. The van der Waals surface area contributed by atoms with Crippen LogP contribution >= 0.6 is 12.4 Å². The minimum absolute atomic E-state index is 0. The highest BCUT2D eigenvalue weighted by atomic mass is 35.5. The Morgan fingerprint density at radius 3 is 2.56 bits per heavy atom. The van der Waals surface area contributed by atoms with E-state index in [2.05, 4.69) is 4.98 Å². The van der Waals surface area contributed by atoms with Gasteiger partial charge in [-0.25, -0.2) is 4.79 Å². The third-order valence-electron chi connectivity index (χ3n) is 2.65. The first-order valence-electron chi connectivity index (χ1n) is 5.47. The van der Waals surface area contributed by atoms with Gasteiger partial charge in [0.15, 0.2) is 0 Å². The van der Waals surface area contributed by atoms with E-state index in [1.807, 2.05) is 30.5 Å². The summed E-state index contributed by atoms with van der Waals surface area (Å²) in [4.78, 5) is 15.1. The first-order valence-corrected chi connectivity index (χ1v) is 5.47. The Hall–Kier alpha value is -1.87.